The van der Waals surface area contributed by atoms with Crippen molar-refractivity contribution in [1.82, 2.24) is 16.0 Å². The summed E-state index contributed by atoms with van der Waals surface area (Å²) in [6, 6.07) is 0.723. The van der Waals surface area contributed by atoms with Gasteiger partial charge in [-0.25, -0.2) is 9.98 Å². The van der Waals surface area contributed by atoms with Crippen molar-refractivity contribution >= 4 is 11.5 Å². The summed E-state index contributed by atoms with van der Waals surface area (Å²) in [4.78, 5) is 9.54. The highest BCUT2D eigenvalue weighted by atomic mass is 15.0. The van der Waals surface area contributed by atoms with Crippen LogP contribution in [-0.4, -0.2) is 30.2 Å². The average molecular weight is 612 g/mol. The summed E-state index contributed by atoms with van der Waals surface area (Å²) in [5.41, 5.74) is 9.17. The molecule has 1 heterocycles. The van der Waals surface area contributed by atoms with Crippen LogP contribution in [0.15, 0.2) is 106 Å². The molecule has 0 aromatic heterocycles. The second kappa shape index (κ2) is 15.8. The molecule has 246 valence electrons. The van der Waals surface area contributed by atoms with Crippen LogP contribution in [0.4, 0.5) is 0 Å². The summed E-state index contributed by atoms with van der Waals surface area (Å²) in [5.74, 6) is 1.01. The van der Waals surface area contributed by atoms with Crippen LogP contribution in [0.25, 0.3) is 0 Å². The summed E-state index contributed by atoms with van der Waals surface area (Å²) in [6.07, 6.45) is 20.3. The molecule has 3 saturated carbocycles. The van der Waals surface area contributed by atoms with Crippen molar-refractivity contribution in [1.29, 1.82) is 0 Å². The van der Waals surface area contributed by atoms with Gasteiger partial charge in [-0.15, -0.1) is 6.58 Å². The van der Waals surface area contributed by atoms with Gasteiger partial charge in [0.1, 0.15) is 5.84 Å². The summed E-state index contributed by atoms with van der Waals surface area (Å²) in [5, 5.41) is 10.9. The van der Waals surface area contributed by atoms with E-state index < -0.39 is 0 Å². The molecular weight excluding hydrogens is 550 g/mol. The van der Waals surface area contributed by atoms with Crippen molar-refractivity contribution in [3.63, 3.8) is 0 Å². The minimum Gasteiger partial charge on any atom is -0.383 e. The summed E-state index contributed by atoms with van der Waals surface area (Å²) >= 11 is 0. The van der Waals surface area contributed by atoms with Gasteiger partial charge >= 0.3 is 0 Å². The van der Waals surface area contributed by atoms with E-state index in [9.17, 15) is 0 Å². The van der Waals surface area contributed by atoms with Gasteiger partial charge < -0.3 is 16.0 Å². The van der Waals surface area contributed by atoms with E-state index in [0.717, 1.165) is 47.8 Å². The third-order valence-corrected chi connectivity index (χ3v) is 10.9. The number of amidine groups is 1. The molecule has 1 aliphatic heterocycles. The Balaban J connectivity index is 1.70. The second-order valence-corrected chi connectivity index (χ2v) is 14.1. The van der Waals surface area contributed by atoms with Crippen LogP contribution in [0.5, 0.6) is 0 Å². The first-order valence-corrected chi connectivity index (χ1v) is 17.0. The number of allylic oxidation sites excluding steroid dienone is 8. The van der Waals surface area contributed by atoms with E-state index in [0.29, 0.717) is 34.7 Å². The van der Waals surface area contributed by atoms with Gasteiger partial charge in [-0.3, -0.25) is 0 Å². The molecule has 2 bridgehead atoms. The Kier molecular flexibility index (Phi) is 12.7. The number of aliphatic imine (C=N–C) groups is 2. The molecule has 0 saturated heterocycles. The Morgan fingerprint density at radius 1 is 1.00 bits per heavy atom. The van der Waals surface area contributed by atoms with Crippen molar-refractivity contribution in [3.8, 4) is 0 Å². The normalized spacial score (nSPS) is 27.6. The predicted molar refractivity (Wildman–Crippen MR) is 197 cm³/mol. The molecule has 3 unspecified atom stereocenters. The van der Waals surface area contributed by atoms with Crippen molar-refractivity contribution in [2.75, 3.05) is 6.54 Å². The van der Waals surface area contributed by atoms with Crippen molar-refractivity contribution in [3.05, 3.63) is 96.2 Å². The van der Waals surface area contributed by atoms with E-state index in [1.807, 2.05) is 32.9 Å². The maximum absolute atomic E-state index is 4.91. The van der Waals surface area contributed by atoms with E-state index in [2.05, 4.69) is 100 Å². The molecule has 3 N–H and O–H groups in total. The summed E-state index contributed by atoms with van der Waals surface area (Å²) < 4.78 is 0. The summed E-state index contributed by atoms with van der Waals surface area (Å²) in [6.45, 7) is 34.8. The van der Waals surface area contributed by atoms with Gasteiger partial charge in [-0.1, -0.05) is 56.5 Å². The molecule has 5 nitrogen and oxygen atoms in total. The SMILES string of the molecule is C=CC1CCC(/C=C\C(C)CNC(=C)C(/C=C(\C)C(=C)NC(C)C23CCC(C(=C)C)(CC2)CC3)=NC(C)=N/C(C)=C\C)=C(C)N1. The Morgan fingerprint density at radius 2 is 1.64 bits per heavy atom. The van der Waals surface area contributed by atoms with Gasteiger partial charge in [0.25, 0.3) is 0 Å². The van der Waals surface area contributed by atoms with E-state index in [-0.39, 0.29) is 0 Å². The number of nitrogens with zero attached hydrogens (tertiary/aromatic N) is 2. The topological polar surface area (TPSA) is 60.8 Å². The number of rotatable bonds is 14. The average Bonchev–Trinajstić information content (AvgIpc) is 3.03. The molecule has 3 atom stereocenters. The van der Waals surface area contributed by atoms with Crippen molar-refractivity contribution in [2.45, 2.75) is 119 Å². The Hall–Kier alpha value is -3.34. The fourth-order valence-electron chi connectivity index (χ4n) is 7.08. The molecule has 4 rings (SSSR count). The standard InChI is InChI=1S/C40H61N5/c1-13-30(7)42-35(12)45-38(33(10)41-26-28(5)15-16-36-17-18-37(14-2)44-32(36)9)25-29(6)31(8)43-34(11)40-22-19-39(20-23-40,21-24-40)27(3)4/h13-16,25,28,34,37,41,43-44H,2-3,8,10,17-24,26H2,1,4-7,9,11-12H3/b16-15-,29-25+,30-13-,42-35?,45-38?. The largest absolute Gasteiger partial charge is 0.383 e. The van der Waals surface area contributed by atoms with Gasteiger partial charge in [0.05, 0.1) is 11.4 Å². The molecule has 0 aromatic rings. The van der Waals surface area contributed by atoms with E-state index >= 15 is 0 Å². The first-order valence-electron chi connectivity index (χ1n) is 17.0. The Labute approximate surface area is 275 Å². The van der Waals surface area contributed by atoms with E-state index in [1.54, 1.807) is 0 Å². The van der Waals surface area contributed by atoms with Crippen LogP contribution >= 0.6 is 0 Å². The highest BCUT2D eigenvalue weighted by molar-refractivity contribution is 6.13. The molecule has 0 aromatic carbocycles. The van der Waals surface area contributed by atoms with Gasteiger partial charge in [-0.2, -0.15) is 0 Å². The third-order valence-electron chi connectivity index (χ3n) is 10.9. The van der Waals surface area contributed by atoms with Crippen LogP contribution in [-0.2, 0) is 0 Å². The minimum atomic E-state index is 0.317. The molecule has 5 heteroatoms. The minimum absolute atomic E-state index is 0.317. The lowest BCUT2D eigenvalue weighted by atomic mass is 9.50. The number of fused-ring (bicyclic) bond motifs is 3. The molecule has 0 radical (unpaired) electrons. The van der Waals surface area contributed by atoms with E-state index in [4.69, 9.17) is 4.99 Å². The predicted octanol–water partition coefficient (Wildman–Crippen LogP) is 9.63. The van der Waals surface area contributed by atoms with Crippen LogP contribution in [0.2, 0.25) is 0 Å². The zero-order chi connectivity index (χ0) is 33.4. The highest BCUT2D eigenvalue weighted by Gasteiger charge is 2.51. The smallest absolute Gasteiger partial charge is 0.126 e. The molecule has 3 aliphatic carbocycles. The van der Waals surface area contributed by atoms with Crippen molar-refractivity contribution < 1.29 is 0 Å². The van der Waals surface area contributed by atoms with Crippen LogP contribution < -0.4 is 16.0 Å². The molecular formula is C40H61N5. The summed E-state index contributed by atoms with van der Waals surface area (Å²) in [7, 11) is 0. The van der Waals surface area contributed by atoms with Crippen LogP contribution in [0.3, 0.4) is 0 Å². The quantitative estimate of drug-likeness (QED) is 0.0793. The van der Waals surface area contributed by atoms with Crippen molar-refractivity contribution in [2.24, 2.45) is 26.7 Å². The monoisotopic (exact) mass is 611 g/mol. The fraction of sp³-hybridized carbons (Fsp3) is 0.550. The van der Waals surface area contributed by atoms with Gasteiger partial charge in [0.15, 0.2) is 0 Å². The first-order chi connectivity index (χ1) is 21.2. The molecule has 3 fully saturated rings. The third kappa shape index (κ3) is 9.34. The van der Waals surface area contributed by atoms with Gasteiger partial charge in [0, 0.05) is 35.7 Å². The Bertz CT molecular complexity index is 1310. The molecule has 0 amide bonds. The fourth-order valence-corrected chi connectivity index (χ4v) is 7.08. The van der Waals surface area contributed by atoms with Gasteiger partial charge in [-0.05, 0) is 134 Å². The molecule has 4 aliphatic rings. The van der Waals surface area contributed by atoms with Crippen LogP contribution in [0.1, 0.15) is 107 Å². The molecule has 45 heavy (non-hydrogen) atoms. The maximum Gasteiger partial charge on any atom is 0.126 e. The molecule has 0 spiro atoms. The lowest BCUT2D eigenvalue weighted by Crippen LogP contribution is -2.51. The van der Waals surface area contributed by atoms with Crippen LogP contribution in [0, 0.1) is 16.7 Å². The number of hydrogen-bond acceptors (Lipinski definition) is 4. The maximum atomic E-state index is 4.91. The lowest BCUT2D eigenvalue weighted by molar-refractivity contribution is -0.00664. The van der Waals surface area contributed by atoms with E-state index in [1.165, 1.54) is 55.4 Å². The zero-order valence-electron chi connectivity index (χ0n) is 29.7. The number of nitrogens with one attached hydrogen (secondary N) is 3. The first kappa shape index (κ1) is 36.1. The Morgan fingerprint density at radius 3 is 2.20 bits per heavy atom. The highest BCUT2D eigenvalue weighted by Crippen LogP contribution is 2.60. The number of hydrogen-bond donors (Lipinski definition) is 3. The van der Waals surface area contributed by atoms with Gasteiger partial charge in [0.2, 0.25) is 0 Å². The second-order valence-electron chi connectivity index (χ2n) is 14.1. The zero-order valence-corrected chi connectivity index (χ0v) is 29.7. The lowest BCUT2D eigenvalue weighted by Gasteiger charge is -2.56.